The maximum absolute atomic E-state index is 11.2. The summed E-state index contributed by atoms with van der Waals surface area (Å²) in [7, 11) is 0. The van der Waals surface area contributed by atoms with Gasteiger partial charge < -0.3 is 15.5 Å². The fourth-order valence-electron chi connectivity index (χ4n) is 0.999. The van der Waals surface area contributed by atoms with Gasteiger partial charge in [-0.25, -0.2) is 4.79 Å². The molecule has 0 saturated carbocycles. The summed E-state index contributed by atoms with van der Waals surface area (Å²) >= 11 is 0. The summed E-state index contributed by atoms with van der Waals surface area (Å²) in [4.78, 5) is 32.3. The predicted octanol–water partition coefficient (Wildman–Crippen LogP) is 0.553. The number of allylic oxidation sites excluding steroid dienone is 3. The Bertz CT molecular complexity index is 346. The van der Waals surface area contributed by atoms with Gasteiger partial charge in [0, 0.05) is 12.5 Å². The van der Waals surface area contributed by atoms with Gasteiger partial charge in [-0.05, 0) is 13.3 Å². The van der Waals surface area contributed by atoms with Crippen LogP contribution in [0.15, 0.2) is 24.3 Å². The van der Waals surface area contributed by atoms with Crippen LogP contribution in [0.4, 0.5) is 0 Å². The number of hydrogen-bond acceptors (Lipinski definition) is 3. The van der Waals surface area contributed by atoms with Crippen molar-refractivity contribution in [2.45, 2.75) is 25.8 Å². The van der Waals surface area contributed by atoms with Crippen LogP contribution >= 0.6 is 0 Å². The molecule has 17 heavy (non-hydrogen) atoms. The van der Waals surface area contributed by atoms with Gasteiger partial charge in [0.1, 0.15) is 6.04 Å². The van der Waals surface area contributed by atoms with Crippen molar-refractivity contribution in [2.75, 3.05) is 0 Å². The minimum absolute atomic E-state index is 0.145. The van der Waals surface area contributed by atoms with Crippen LogP contribution in [0, 0.1) is 0 Å². The van der Waals surface area contributed by atoms with Crippen LogP contribution in [0.25, 0.3) is 0 Å². The molecule has 0 aliphatic carbocycles. The number of aliphatic carboxylic acids is 2. The highest BCUT2D eigenvalue weighted by Gasteiger charge is 2.19. The molecular weight excluding hydrogens is 226 g/mol. The Kier molecular flexibility index (Phi) is 7.09. The number of rotatable bonds is 7. The van der Waals surface area contributed by atoms with E-state index in [-0.39, 0.29) is 12.8 Å². The molecule has 0 unspecified atom stereocenters. The molecule has 0 fully saturated rings. The first-order valence-electron chi connectivity index (χ1n) is 5.01. The zero-order valence-electron chi connectivity index (χ0n) is 9.42. The number of carbonyl (C=O) groups excluding carboxylic acids is 1. The van der Waals surface area contributed by atoms with E-state index in [2.05, 4.69) is 5.32 Å². The highest BCUT2D eigenvalue weighted by Crippen LogP contribution is 1.98. The Morgan fingerprint density at radius 1 is 1.24 bits per heavy atom. The third kappa shape index (κ3) is 7.78. The number of amides is 1. The van der Waals surface area contributed by atoms with Gasteiger partial charge in [0.2, 0.25) is 5.91 Å². The Hall–Kier alpha value is -2.11. The van der Waals surface area contributed by atoms with Crippen LogP contribution in [0.3, 0.4) is 0 Å². The largest absolute Gasteiger partial charge is 0.481 e. The molecule has 0 heterocycles. The number of carboxylic acids is 2. The lowest BCUT2D eigenvalue weighted by Crippen LogP contribution is -2.40. The van der Waals surface area contributed by atoms with Crippen molar-refractivity contribution in [1.29, 1.82) is 0 Å². The van der Waals surface area contributed by atoms with E-state index in [0.717, 1.165) is 0 Å². The minimum Gasteiger partial charge on any atom is -0.481 e. The second-order valence-electron chi connectivity index (χ2n) is 3.22. The van der Waals surface area contributed by atoms with Gasteiger partial charge in [-0.15, -0.1) is 0 Å². The van der Waals surface area contributed by atoms with Gasteiger partial charge in [-0.3, -0.25) is 9.59 Å². The van der Waals surface area contributed by atoms with Crippen LogP contribution < -0.4 is 5.32 Å². The molecule has 3 N–H and O–H groups in total. The molecule has 0 spiro atoms. The van der Waals surface area contributed by atoms with E-state index in [1.807, 2.05) is 0 Å². The normalized spacial score (nSPS) is 12.8. The molecule has 0 bridgehead atoms. The van der Waals surface area contributed by atoms with Crippen molar-refractivity contribution in [3.63, 3.8) is 0 Å². The molecule has 6 heteroatoms. The van der Waals surface area contributed by atoms with E-state index in [4.69, 9.17) is 10.2 Å². The molecular formula is C11H15NO5. The van der Waals surface area contributed by atoms with E-state index in [9.17, 15) is 14.4 Å². The highest BCUT2D eigenvalue weighted by molar-refractivity contribution is 5.91. The van der Waals surface area contributed by atoms with Crippen molar-refractivity contribution < 1.29 is 24.6 Å². The maximum atomic E-state index is 11.2. The van der Waals surface area contributed by atoms with Gasteiger partial charge >= 0.3 is 11.9 Å². The number of carboxylic acid groups (broad SMARTS) is 2. The summed E-state index contributed by atoms with van der Waals surface area (Å²) in [5.41, 5.74) is 0. The molecule has 1 amide bonds. The first kappa shape index (κ1) is 14.9. The summed E-state index contributed by atoms with van der Waals surface area (Å²) in [6.45, 7) is 1.77. The van der Waals surface area contributed by atoms with E-state index >= 15 is 0 Å². The molecule has 0 saturated heterocycles. The van der Waals surface area contributed by atoms with E-state index < -0.39 is 23.9 Å². The summed E-state index contributed by atoms with van der Waals surface area (Å²) < 4.78 is 0. The van der Waals surface area contributed by atoms with Crippen molar-refractivity contribution >= 4 is 17.8 Å². The Morgan fingerprint density at radius 3 is 2.35 bits per heavy atom. The molecule has 6 nitrogen and oxygen atoms in total. The second kappa shape index (κ2) is 8.09. The molecule has 0 radical (unpaired) electrons. The summed E-state index contributed by atoms with van der Waals surface area (Å²) in [6.07, 6.45) is 5.52. The molecule has 0 aromatic rings. The van der Waals surface area contributed by atoms with Crippen molar-refractivity contribution in [3.05, 3.63) is 24.3 Å². The first-order valence-corrected chi connectivity index (χ1v) is 5.01. The van der Waals surface area contributed by atoms with Crippen molar-refractivity contribution in [2.24, 2.45) is 0 Å². The van der Waals surface area contributed by atoms with Gasteiger partial charge in [-0.1, -0.05) is 18.2 Å². The molecule has 94 valence electrons. The Balaban J connectivity index is 4.29. The SMILES string of the molecule is C/C=C/C=C/C(=O)N[C@@H](CCC(=O)O)C(=O)O. The number of hydrogen-bond donors (Lipinski definition) is 3. The number of nitrogens with one attached hydrogen (secondary N) is 1. The monoisotopic (exact) mass is 241 g/mol. The minimum atomic E-state index is -1.25. The standard InChI is InChI=1S/C11H15NO5/c1-2-3-4-5-9(13)12-8(11(16)17)6-7-10(14)15/h2-5,8H,6-7H2,1H3,(H,12,13)(H,14,15)(H,16,17)/b3-2+,5-4+/t8-/m0/s1. The smallest absolute Gasteiger partial charge is 0.326 e. The summed E-state index contributed by atoms with van der Waals surface area (Å²) in [6, 6.07) is -1.19. The molecule has 0 aliphatic rings. The fourth-order valence-corrected chi connectivity index (χ4v) is 0.999. The Labute approximate surface area is 98.6 Å². The van der Waals surface area contributed by atoms with E-state index in [1.165, 1.54) is 12.2 Å². The summed E-state index contributed by atoms with van der Waals surface area (Å²) in [5.74, 6) is -2.92. The Morgan fingerprint density at radius 2 is 1.88 bits per heavy atom. The molecule has 0 aromatic heterocycles. The highest BCUT2D eigenvalue weighted by atomic mass is 16.4. The topological polar surface area (TPSA) is 104 Å². The third-order valence-corrected chi connectivity index (χ3v) is 1.81. The molecule has 0 aromatic carbocycles. The lowest BCUT2D eigenvalue weighted by atomic mass is 10.1. The van der Waals surface area contributed by atoms with Gasteiger partial charge in [0.15, 0.2) is 0 Å². The third-order valence-electron chi connectivity index (χ3n) is 1.81. The second-order valence-corrected chi connectivity index (χ2v) is 3.22. The zero-order chi connectivity index (χ0) is 13.3. The quantitative estimate of drug-likeness (QED) is 0.446. The van der Waals surface area contributed by atoms with E-state index in [1.54, 1.807) is 19.1 Å². The average Bonchev–Trinajstić information content (AvgIpc) is 2.23. The average molecular weight is 241 g/mol. The lowest BCUT2D eigenvalue weighted by molar-refractivity contribution is -0.142. The fraction of sp³-hybridized carbons (Fsp3) is 0.364. The molecule has 0 rings (SSSR count). The first-order chi connectivity index (χ1) is 7.97. The van der Waals surface area contributed by atoms with Crippen LogP contribution in [0.1, 0.15) is 19.8 Å². The lowest BCUT2D eigenvalue weighted by Gasteiger charge is -2.11. The predicted molar refractivity (Wildman–Crippen MR) is 60.4 cm³/mol. The summed E-state index contributed by atoms with van der Waals surface area (Å²) in [5, 5.41) is 19.4. The van der Waals surface area contributed by atoms with Crippen LogP contribution in [0.5, 0.6) is 0 Å². The van der Waals surface area contributed by atoms with Crippen LogP contribution in [-0.2, 0) is 14.4 Å². The van der Waals surface area contributed by atoms with Crippen LogP contribution in [0.2, 0.25) is 0 Å². The number of carbonyl (C=O) groups is 3. The zero-order valence-corrected chi connectivity index (χ0v) is 9.42. The molecule has 1 atom stereocenters. The van der Waals surface area contributed by atoms with Crippen molar-refractivity contribution in [3.8, 4) is 0 Å². The van der Waals surface area contributed by atoms with Gasteiger partial charge in [0.05, 0.1) is 0 Å². The van der Waals surface area contributed by atoms with E-state index in [0.29, 0.717) is 0 Å². The van der Waals surface area contributed by atoms with Gasteiger partial charge in [-0.2, -0.15) is 0 Å². The van der Waals surface area contributed by atoms with Crippen molar-refractivity contribution in [1.82, 2.24) is 5.32 Å². The van der Waals surface area contributed by atoms with Crippen LogP contribution in [-0.4, -0.2) is 34.1 Å². The molecule has 0 aliphatic heterocycles. The van der Waals surface area contributed by atoms with Gasteiger partial charge in [0.25, 0.3) is 0 Å². The maximum Gasteiger partial charge on any atom is 0.326 e.